The Balaban J connectivity index is 1.48. The van der Waals surface area contributed by atoms with Crippen LogP contribution in [0.3, 0.4) is 0 Å². The second-order valence-corrected chi connectivity index (χ2v) is 10.0. The van der Waals surface area contributed by atoms with Crippen LogP contribution in [0.1, 0.15) is 29.5 Å². The Morgan fingerprint density at radius 2 is 1.71 bits per heavy atom. The van der Waals surface area contributed by atoms with Crippen molar-refractivity contribution < 1.29 is 27.7 Å². The summed E-state index contributed by atoms with van der Waals surface area (Å²) in [4.78, 5) is 36.8. The third-order valence-electron chi connectivity index (χ3n) is 5.67. The number of benzene rings is 2. The first-order valence-corrected chi connectivity index (χ1v) is 12.3. The number of rotatable bonds is 8. The molecule has 10 nitrogen and oxygen atoms in total. The molecule has 0 aromatic heterocycles. The number of esters is 1. The minimum Gasteiger partial charge on any atom is -0.461 e. The molecule has 0 radical (unpaired) electrons. The number of sulfonamides is 1. The number of hydrogen-bond acceptors (Lipinski definition) is 7. The lowest BCUT2D eigenvalue weighted by Gasteiger charge is -2.34. The van der Waals surface area contributed by atoms with Crippen LogP contribution in [0.25, 0.3) is 0 Å². The number of carbonyl (C=O) groups excluding carboxylic acids is 2. The minimum atomic E-state index is -3.66. The van der Waals surface area contributed by atoms with Gasteiger partial charge in [-0.15, -0.1) is 0 Å². The molecule has 1 aliphatic heterocycles. The van der Waals surface area contributed by atoms with Crippen molar-refractivity contribution >= 4 is 27.6 Å². The van der Waals surface area contributed by atoms with E-state index in [9.17, 15) is 28.1 Å². The van der Waals surface area contributed by atoms with Crippen LogP contribution in [0.5, 0.6) is 0 Å². The molecule has 0 N–H and O–H groups in total. The van der Waals surface area contributed by atoms with Gasteiger partial charge in [-0.1, -0.05) is 24.3 Å². The summed E-state index contributed by atoms with van der Waals surface area (Å²) in [5.74, 6) is -0.908. The van der Waals surface area contributed by atoms with Crippen LogP contribution in [0.15, 0.2) is 47.4 Å². The third kappa shape index (κ3) is 5.97. The number of nitro benzene ring substituents is 1. The van der Waals surface area contributed by atoms with Gasteiger partial charge in [0.25, 0.3) is 5.69 Å². The van der Waals surface area contributed by atoms with Gasteiger partial charge in [0.2, 0.25) is 15.9 Å². The molecule has 182 valence electrons. The highest BCUT2D eigenvalue weighted by atomic mass is 32.2. The zero-order chi connectivity index (χ0) is 24.9. The van der Waals surface area contributed by atoms with Crippen LogP contribution in [0.4, 0.5) is 5.69 Å². The number of piperazine rings is 1. The number of para-hydroxylation sites is 1. The van der Waals surface area contributed by atoms with Crippen molar-refractivity contribution in [2.75, 3.05) is 26.2 Å². The van der Waals surface area contributed by atoms with E-state index in [1.165, 1.54) is 27.4 Å². The number of carbonyl (C=O) groups is 2. The highest BCUT2D eigenvalue weighted by molar-refractivity contribution is 7.89. The van der Waals surface area contributed by atoms with Crippen molar-refractivity contribution in [2.45, 2.75) is 38.2 Å². The standard InChI is InChI=1S/C23H27N3O7S/c1-17-7-8-18(2)21(15-17)34(31,32)25-13-11-24(12-14-25)22(27)9-10-23(28)33-16-19-5-3-4-6-20(19)26(29)30/h3-8,15H,9-14,16H2,1-2H3. The van der Waals surface area contributed by atoms with Gasteiger partial charge in [-0.3, -0.25) is 19.7 Å². The molecule has 2 aromatic carbocycles. The van der Waals surface area contributed by atoms with E-state index in [1.54, 1.807) is 25.1 Å². The maximum Gasteiger partial charge on any atom is 0.306 e. The molecule has 0 saturated carbocycles. The molecule has 1 amide bonds. The second-order valence-electron chi connectivity index (χ2n) is 8.10. The highest BCUT2D eigenvalue weighted by Crippen LogP contribution is 2.23. The summed E-state index contributed by atoms with van der Waals surface area (Å²) in [6.45, 7) is 4.14. The predicted octanol–water partition coefficient (Wildman–Crippen LogP) is 2.57. The summed E-state index contributed by atoms with van der Waals surface area (Å²) >= 11 is 0. The summed E-state index contributed by atoms with van der Waals surface area (Å²) < 4.78 is 32.5. The summed E-state index contributed by atoms with van der Waals surface area (Å²) in [6, 6.07) is 11.2. The molecule has 34 heavy (non-hydrogen) atoms. The lowest BCUT2D eigenvalue weighted by molar-refractivity contribution is -0.385. The molecule has 2 aromatic rings. The first-order chi connectivity index (χ1) is 16.1. The molecular formula is C23H27N3O7S. The first-order valence-electron chi connectivity index (χ1n) is 10.8. The number of amides is 1. The monoisotopic (exact) mass is 489 g/mol. The summed E-state index contributed by atoms with van der Waals surface area (Å²) in [6.07, 6.45) is -0.250. The van der Waals surface area contributed by atoms with Crippen molar-refractivity contribution in [3.63, 3.8) is 0 Å². The Morgan fingerprint density at radius 1 is 1.03 bits per heavy atom. The lowest BCUT2D eigenvalue weighted by atomic mass is 10.2. The van der Waals surface area contributed by atoms with Gasteiger partial charge in [-0.25, -0.2) is 8.42 Å². The second kappa shape index (κ2) is 10.7. The van der Waals surface area contributed by atoms with Gasteiger partial charge in [0.05, 0.1) is 21.8 Å². The SMILES string of the molecule is Cc1ccc(C)c(S(=O)(=O)N2CCN(C(=O)CCC(=O)OCc3ccccc3[N+](=O)[O-])CC2)c1. The average Bonchev–Trinajstić information content (AvgIpc) is 2.82. The highest BCUT2D eigenvalue weighted by Gasteiger charge is 2.31. The Morgan fingerprint density at radius 3 is 2.38 bits per heavy atom. The topological polar surface area (TPSA) is 127 Å². The zero-order valence-corrected chi connectivity index (χ0v) is 19.9. The van der Waals surface area contributed by atoms with E-state index >= 15 is 0 Å². The summed E-state index contributed by atoms with van der Waals surface area (Å²) in [7, 11) is -3.66. The molecule has 3 rings (SSSR count). The quantitative estimate of drug-likeness (QED) is 0.317. The fourth-order valence-corrected chi connectivity index (χ4v) is 5.44. The number of ether oxygens (including phenoxy) is 1. The zero-order valence-electron chi connectivity index (χ0n) is 19.1. The fourth-order valence-electron chi connectivity index (χ4n) is 3.71. The van der Waals surface area contributed by atoms with E-state index in [2.05, 4.69) is 0 Å². The smallest absolute Gasteiger partial charge is 0.306 e. The Bertz CT molecular complexity index is 1190. The Hall–Kier alpha value is -3.31. The molecular weight excluding hydrogens is 462 g/mol. The number of aryl methyl sites for hydroxylation is 2. The number of nitrogens with zero attached hydrogens (tertiary/aromatic N) is 3. The fraction of sp³-hybridized carbons (Fsp3) is 0.391. The maximum absolute atomic E-state index is 13.0. The average molecular weight is 490 g/mol. The van der Waals surface area contributed by atoms with Gasteiger partial charge in [-0.2, -0.15) is 4.31 Å². The summed E-state index contributed by atoms with van der Waals surface area (Å²) in [5.41, 5.74) is 1.66. The van der Waals surface area contributed by atoms with Crippen LogP contribution >= 0.6 is 0 Å². The van der Waals surface area contributed by atoms with Crippen molar-refractivity contribution in [1.82, 2.24) is 9.21 Å². The number of nitro groups is 1. The van der Waals surface area contributed by atoms with Crippen molar-refractivity contribution in [3.05, 3.63) is 69.3 Å². The Labute approximate surface area is 198 Å². The molecule has 0 spiro atoms. The van der Waals surface area contributed by atoms with Gasteiger partial charge in [0.15, 0.2) is 0 Å². The molecule has 11 heteroatoms. The van der Waals surface area contributed by atoms with Gasteiger partial charge in [-0.05, 0) is 37.1 Å². The minimum absolute atomic E-state index is 0.0839. The van der Waals surface area contributed by atoms with Gasteiger partial charge in [0.1, 0.15) is 6.61 Å². The lowest BCUT2D eigenvalue weighted by Crippen LogP contribution is -2.50. The van der Waals surface area contributed by atoms with E-state index in [0.717, 1.165) is 5.56 Å². The molecule has 0 unspecified atom stereocenters. The number of hydrogen-bond donors (Lipinski definition) is 0. The van der Waals surface area contributed by atoms with E-state index in [1.807, 2.05) is 13.0 Å². The normalized spacial score (nSPS) is 14.6. The molecule has 1 aliphatic rings. The summed E-state index contributed by atoms with van der Waals surface area (Å²) in [5, 5.41) is 11.0. The van der Waals surface area contributed by atoms with Crippen molar-refractivity contribution in [1.29, 1.82) is 0 Å². The van der Waals surface area contributed by atoms with E-state index in [0.29, 0.717) is 5.56 Å². The van der Waals surface area contributed by atoms with Crippen LogP contribution in [0, 0.1) is 24.0 Å². The molecule has 0 aliphatic carbocycles. The first kappa shape index (κ1) is 25.3. The van der Waals surface area contributed by atoms with Gasteiger partial charge in [0, 0.05) is 38.7 Å². The molecule has 0 bridgehead atoms. The van der Waals surface area contributed by atoms with Crippen LogP contribution in [-0.4, -0.2) is 60.6 Å². The third-order valence-corrected chi connectivity index (χ3v) is 7.71. The van der Waals surface area contributed by atoms with Crippen molar-refractivity contribution in [2.24, 2.45) is 0 Å². The van der Waals surface area contributed by atoms with E-state index in [4.69, 9.17) is 4.74 Å². The predicted molar refractivity (Wildman–Crippen MR) is 123 cm³/mol. The molecule has 1 heterocycles. The largest absolute Gasteiger partial charge is 0.461 e. The van der Waals surface area contributed by atoms with E-state index in [-0.39, 0.29) is 67.7 Å². The van der Waals surface area contributed by atoms with Crippen LogP contribution < -0.4 is 0 Å². The van der Waals surface area contributed by atoms with E-state index < -0.39 is 20.9 Å². The van der Waals surface area contributed by atoms with Crippen molar-refractivity contribution in [3.8, 4) is 0 Å². The molecule has 0 atom stereocenters. The molecule has 1 saturated heterocycles. The molecule has 1 fully saturated rings. The van der Waals surface area contributed by atoms with Crippen LogP contribution in [-0.2, 0) is 31.0 Å². The Kier molecular flexibility index (Phi) is 8.00. The maximum atomic E-state index is 13.0. The van der Waals surface area contributed by atoms with Crippen LogP contribution in [0.2, 0.25) is 0 Å². The van der Waals surface area contributed by atoms with Gasteiger partial charge >= 0.3 is 5.97 Å². The van der Waals surface area contributed by atoms with Gasteiger partial charge < -0.3 is 9.64 Å².